The number of aromatic nitrogens is 1. The van der Waals surface area contributed by atoms with E-state index in [4.69, 9.17) is 18.9 Å². The van der Waals surface area contributed by atoms with Crippen molar-refractivity contribution in [1.82, 2.24) is 4.57 Å². The van der Waals surface area contributed by atoms with Gasteiger partial charge in [0.1, 0.15) is 10.7 Å². The minimum absolute atomic E-state index is 0.230. The summed E-state index contributed by atoms with van der Waals surface area (Å²) in [7, 11) is 3.16. The van der Waals surface area contributed by atoms with Gasteiger partial charge in [0.2, 0.25) is 0 Å². The summed E-state index contributed by atoms with van der Waals surface area (Å²) in [6.45, 7) is 0. The summed E-state index contributed by atoms with van der Waals surface area (Å²) in [4.78, 5) is 29.7. The van der Waals surface area contributed by atoms with Gasteiger partial charge in [-0.15, -0.1) is 0 Å². The van der Waals surface area contributed by atoms with Crippen LogP contribution in [0.25, 0.3) is 11.8 Å². The molecule has 186 valence electrons. The number of allylic oxidation sites excluding steroid dienone is 1. The maximum Gasteiger partial charge on any atom is 0.433 e. The average Bonchev–Trinajstić information content (AvgIpc) is 3.51. The van der Waals surface area contributed by atoms with Crippen LogP contribution in [0.5, 0.6) is 11.5 Å². The van der Waals surface area contributed by atoms with Gasteiger partial charge in [-0.3, -0.25) is 19.5 Å². The molecule has 37 heavy (non-hydrogen) atoms. The van der Waals surface area contributed by atoms with E-state index in [0.717, 1.165) is 35.2 Å². The number of rotatable bonds is 5. The topological polar surface area (TPSA) is 109 Å². The lowest BCUT2D eigenvalue weighted by Crippen LogP contribution is -2.38. The first-order valence-electron chi connectivity index (χ1n) is 11.6. The van der Waals surface area contributed by atoms with E-state index in [-0.39, 0.29) is 17.2 Å². The van der Waals surface area contributed by atoms with Crippen molar-refractivity contribution in [2.24, 2.45) is 4.99 Å². The van der Waals surface area contributed by atoms with E-state index in [1.54, 1.807) is 18.8 Å². The average molecular weight is 516 g/mol. The highest BCUT2D eigenvalue weighted by Gasteiger charge is 2.33. The van der Waals surface area contributed by atoms with E-state index in [1.807, 2.05) is 30.3 Å². The fraction of sp³-hybridized carbons (Fsp3) is 0.185. The molecule has 2 aliphatic rings. The molecule has 10 heteroatoms. The van der Waals surface area contributed by atoms with Crippen molar-refractivity contribution < 1.29 is 18.8 Å². The third kappa shape index (κ3) is 3.77. The first kappa shape index (κ1) is 23.0. The van der Waals surface area contributed by atoms with Gasteiger partial charge in [0.25, 0.3) is 5.56 Å². The normalized spacial score (nSPS) is 16.5. The molecular weight excluding hydrogens is 494 g/mol. The molecule has 0 fully saturated rings. The molecule has 0 spiro atoms. The van der Waals surface area contributed by atoms with Crippen LogP contribution in [0.2, 0.25) is 0 Å². The summed E-state index contributed by atoms with van der Waals surface area (Å²) in [6.07, 6.45) is 3.12. The van der Waals surface area contributed by atoms with Crippen LogP contribution < -0.4 is 24.4 Å². The molecule has 1 atom stereocenters. The first-order chi connectivity index (χ1) is 18.0. The number of hydrogen-bond acceptors (Lipinski definition) is 8. The van der Waals surface area contributed by atoms with Gasteiger partial charge in [-0.25, -0.2) is 4.99 Å². The van der Waals surface area contributed by atoms with Crippen molar-refractivity contribution in [3.05, 3.63) is 112 Å². The maximum atomic E-state index is 13.8. The zero-order valence-corrected chi connectivity index (χ0v) is 20.8. The van der Waals surface area contributed by atoms with Crippen molar-refractivity contribution >= 4 is 29.0 Å². The molecule has 0 bridgehead atoms. The van der Waals surface area contributed by atoms with Crippen LogP contribution in [-0.2, 0) is 6.42 Å². The van der Waals surface area contributed by atoms with Crippen molar-refractivity contribution in [3.8, 4) is 11.5 Å². The number of aryl methyl sites for hydroxylation is 1. The lowest BCUT2D eigenvalue weighted by atomic mass is 9.83. The molecule has 3 heterocycles. The van der Waals surface area contributed by atoms with E-state index in [2.05, 4.69) is 12.1 Å². The second kappa shape index (κ2) is 8.90. The molecule has 0 amide bonds. The third-order valence-corrected chi connectivity index (χ3v) is 7.65. The minimum Gasteiger partial charge on any atom is -0.493 e. The Kier molecular flexibility index (Phi) is 5.53. The molecule has 0 saturated heterocycles. The number of furan rings is 1. The Morgan fingerprint density at radius 1 is 1.11 bits per heavy atom. The SMILES string of the molecule is COc1ccc(C2C3=C(N=c4s/c(=C/c5ccc([N+](=O)[O-])o5)c(=O)n42)c2ccccc2CC3)cc1OC. The Morgan fingerprint density at radius 3 is 2.68 bits per heavy atom. The molecule has 1 aliphatic carbocycles. The van der Waals surface area contributed by atoms with Crippen LogP contribution in [0, 0.1) is 10.1 Å². The number of thiazole rings is 1. The molecule has 2 aromatic heterocycles. The second-order valence-electron chi connectivity index (χ2n) is 8.66. The molecule has 2 aromatic carbocycles. The third-order valence-electron chi connectivity index (χ3n) is 6.66. The van der Waals surface area contributed by atoms with Gasteiger partial charge < -0.3 is 13.9 Å². The van der Waals surface area contributed by atoms with Gasteiger partial charge in [0.05, 0.1) is 36.6 Å². The van der Waals surface area contributed by atoms with E-state index in [9.17, 15) is 14.9 Å². The van der Waals surface area contributed by atoms with Crippen LogP contribution in [0.15, 0.2) is 74.4 Å². The fourth-order valence-corrected chi connectivity index (χ4v) is 5.97. The van der Waals surface area contributed by atoms with E-state index < -0.39 is 11.0 Å². The molecule has 0 radical (unpaired) electrons. The Hall–Kier alpha value is -4.44. The van der Waals surface area contributed by atoms with Gasteiger partial charge in [0, 0.05) is 11.6 Å². The number of nitrogens with zero attached hydrogens (tertiary/aromatic N) is 3. The zero-order valence-electron chi connectivity index (χ0n) is 20.0. The first-order valence-corrected chi connectivity index (χ1v) is 12.4. The van der Waals surface area contributed by atoms with Crippen LogP contribution >= 0.6 is 11.3 Å². The Bertz CT molecular complexity index is 1780. The number of ether oxygens (including phenoxy) is 2. The number of methoxy groups -OCH3 is 2. The molecule has 0 saturated carbocycles. The van der Waals surface area contributed by atoms with Crippen LogP contribution in [0.1, 0.15) is 34.9 Å². The summed E-state index contributed by atoms with van der Waals surface area (Å²) in [5, 5.41) is 11.0. The summed E-state index contributed by atoms with van der Waals surface area (Å²) in [5.74, 6) is 1.02. The van der Waals surface area contributed by atoms with Crippen LogP contribution in [-0.4, -0.2) is 23.7 Å². The number of benzene rings is 2. The summed E-state index contributed by atoms with van der Waals surface area (Å²) in [5.41, 5.74) is 4.85. The molecule has 6 rings (SSSR count). The quantitative estimate of drug-likeness (QED) is 0.295. The van der Waals surface area contributed by atoms with Gasteiger partial charge in [-0.1, -0.05) is 41.7 Å². The summed E-state index contributed by atoms with van der Waals surface area (Å²) >= 11 is 1.23. The maximum absolute atomic E-state index is 13.8. The molecule has 1 aliphatic heterocycles. The largest absolute Gasteiger partial charge is 0.493 e. The van der Waals surface area contributed by atoms with Crippen molar-refractivity contribution in [1.29, 1.82) is 0 Å². The Labute approximate surface area is 214 Å². The fourth-order valence-electron chi connectivity index (χ4n) is 4.99. The summed E-state index contributed by atoms with van der Waals surface area (Å²) < 4.78 is 18.3. The smallest absolute Gasteiger partial charge is 0.433 e. The van der Waals surface area contributed by atoms with Crippen LogP contribution in [0.3, 0.4) is 0 Å². The van der Waals surface area contributed by atoms with E-state index in [1.165, 1.54) is 35.1 Å². The second-order valence-corrected chi connectivity index (χ2v) is 9.67. The molecule has 1 unspecified atom stereocenters. The lowest BCUT2D eigenvalue weighted by molar-refractivity contribution is -0.402. The number of fused-ring (bicyclic) bond motifs is 3. The van der Waals surface area contributed by atoms with Gasteiger partial charge >= 0.3 is 5.88 Å². The van der Waals surface area contributed by atoms with Crippen LogP contribution in [0.4, 0.5) is 5.88 Å². The molecular formula is C27H21N3O6S. The molecule has 9 nitrogen and oxygen atoms in total. The number of nitro groups is 1. The van der Waals surface area contributed by atoms with Crippen molar-refractivity contribution in [2.45, 2.75) is 18.9 Å². The Morgan fingerprint density at radius 2 is 1.92 bits per heavy atom. The highest BCUT2D eigenvalue weighted by atomic mass is 32.1. The predicted molar refractivity (Wildman–Crippen MR) is 138 cm³/mol. The highest BCUT2D eigenvalue weighted by Crippen LogP contribution is 2.42. The molecule has 4 aromatic rings. The summed E-state index contributed by atoms with van der Waals surface area (Å²) in [6, 6.07) is 16.2. The standard InChI is InChI=1S/C27H21N3O6S/c1-34-20-11-8-16(13-21(20)35-2)25-19-10-7-15-5-3-4-6-18(15)24(19)28-27-29(25)26(31)22(37-27)14-17-9-12-23(36-17)30(32)33/h3-6,8-9,11-14,25H,7,10H2,1-2H3/b22-14+. The van der Waals surface area contributed by atoms with E-state index in [0.29, 0.717) is 20.8 Å². The number of hydrogen-bond donors (Lipinski definition) is 0. The van der Waals surface area contributed by atoms with Crippen molar-refractivity contribution in [3.63, 3.8) is 0 Å². The predicted octanol–water partition coefficient (Wildman–Crippen LogP) is 3.84. The zero-order chi connectivity index (χ0) is 25.7. The Balaban J connectivity index is 1.60. The monoisotopic (exact) mass is 515 g/mol. The van der Waals surface area contributed by atoms with Crippen molar-refractivity contribution in [2.75, 3.05) is 14.2 Å². The van der Waals surface area contributed by atoms with Gasteiger partial charge in [-0.05, 0) is 47.7 Å². The van der Waals surface area contributed by atoms with Gasteiger partial charge in [0.15, 0.2) is 16.3 Å². The lowest BCUT2D eigenvalue weighted by Gasteiger charge is -2.31. The van der Waals surface area contributed by atoms with E-state index >= 15 is 0 Å². The molecule has 0 N–H and O–H groups in total. The minimum atomic E-state index is -0.610. The highest BCUT2D eigenvalue weighted by molar-refractivity contribution is 7.07. The van der Waals surface area contributed by atoms with Gasteiger partial charge in [-0.2, -0.15) is 0 Å².